The fourth-order valence-corrected chi connectivity index (χ4v) is 0.955. The molecule has 72 valence electrons. The zero-order valence-corrected chi connectivity index (χ0v) is 8.25. The minimum absolute atomic E-state index is 0. The maximum atomic E-state index is 10.4. The summed E-state index contributed by atoms with van der Waals surface area (Å²) in [6, 6.07) is 0. The predicted molar refractivity (Wildman–Crippen MR) is 51.5 cm³/mol. The van der Waals surface area contributed by atoms with Gasteiger partial charge in [0.2, 0.25) is 5.91 Å². The van der Waals surface area contributed by atoms with E-state index in [-0.39, 0.29) is 18.3 Å². The van der Waals surface area contributed by atoms with Crippen LogP contribution in [-0.4, -0.2) is 25.5 Å². The van der Waals surface area contributed by atoms with E-state index in [1.165, 1.54) is 12.8 Å². The van der Waals surface area contributed by atoms with Crippen molar-refractivity contribution in [3.05, 3.63) is 0 Å². The molecule has 1 aliphatic rings. The fraction of sp³-hybridized carbons (Fsp3) is 0.875. The van der Waals surface area contributed by atoms with E-state index in [4.69, 9.17) is 0 Å². The third-order valence-corrected chi connectivity index (χ3v) is 1.81. The fourth-order valence-electron chi connectivity index (χ4n) is 0.955. The van der Waals surface area contributed by atoms with Crippen molar-refractivity contribution in [2.45, 2.75) is 19.8 Å². The van der Waals surface area contributed by atoms with Crippen molar-refractivity contribution in [1.29, 1.82) is 0 Å². The topological polar surface area (TPSA) is 41.1 Å². The number of amides is 1. The molecule has 1 rings (SSSR count). The van der Waals surface area contributed by atoms with Crippen LogP contribution in [0.4, 0.5) is 0 Å². The van der Waals surface area contributed by atoms with Crippen LogP contribution in [0.2, 0.25) is 0 Å². The largest absolute Gasteiger partial charge is 0.355 e. The summed E-state index contributed by atoms with van der Waals surface area (Å²) in [5.74, 6) is 0.977. The molecule has 12 heavy (non-hydrogen) atoms. The minimum atomic E-state index is 0. The molecule has 0 heterocycles. The van der Waals surface area contributed by atoms with E-state index in [0.29, 0.717) is 0 Å². The van der Waals surface area contributed by atoms with Gasteiger partial charge in [-0.1, -0.05) is 0 Å². The normalized spacial score (nSPS) is 15.1. The first-order chi connectivity index (χ1) is 5.29. The molecular formula is C8H17ClN2O. The molecule has 2 N–H and O–H groups in total. The monoisotopic (exact) mass is 192 g/mol. The molecule has 0 aliphatic heterocycles. The van der Waals surface area contributed by atoms with Gasteiger partial charge in [-0.3, -0.25) is 4.79 Å². The number of hydrogen-bond donors (Lipinski definition) is 2. The summed E-state index contributed by atoms with van der Waals surface area (Å²) in [7, 11) is 0. The van der Waals surface area contributed by atoms with Gasteiger partial charge in [-0.15, -0.1) is 12.4 Å². The lowest BCUT2D eigenvalue weighted by atomic mass is 10.4. The third kappa shape index (κ3) is 6.43. The first-order valence-corrected chi connectivity index (χ1v) is 4.24. The molecule has 1 fully saturated rings. The van der Waals surface area contributed by atoms with Gasteiger partial charge in [-0.05, 0) is 25.3 Å². The van der Waals surface area contributed by atoms with Crippen LogP contribution in [0.5, 0.6) is 0 Å². The molecule has 0 radical (unpaired) electrons. The summed E-state index contributed by atoms with van der Waals surface area (Å²) in [5, 5.41) is 6.03. The first kappa shape index (κ1) is 11.7. The Morgan fingerprint density at radius 2 is 2.08 bits per heavy atom. The third-order valence-electron chi connectivity index (χ3n) is 1.81. The van der Waals surface area contributed by atoms with Crippen LogP contribution in [0, 0.1) is 5.92 Å². The Hall–Kier alpha value is -0.280. The Bertz CT molecular complexity index is 137. The van der Waals surface area contributed by atoms with Crippen molar-refractivity contribution >= 4 is 18.3 Å². The molecule has 1 amide bonds. The van der Waals surface area contributed by atoms with E-state index >= 15 is 0 Å². The lowest BCUT2D eigenvalue weighted by molar-refractivity contribution is -0.118. The van der Waals surface area contributed by atoms with Gasteiger partial charge in [0, 0.05) is 20.0 Å². The molecule has 1 saturated carbocycles. The Labute approximate surface area is 79.7 Å². The molecule has 0 unspecified atom stereocenters. The lowest BCUT2D eigenvalue weighted by Gasteiger charge is -2.03. The van der Waals surface area contributed by atoms with Crippen LogP contribution < -0.4 is 10.6 Å². The van der Waals surface area contributed by atoms with Gasteiger partial charge < -0.3 is 10.6 Å². The van der Waals surface area contributed by atoms with Gasteiger partial charge in [0.1, 0.15) is 0 Å². The molecule has 0 bridgehead atoms. The van der Waals surface area contributed by atoms with Gasteiger partial charge in [-0.25, -0.2) is 0 Å². The minimum Gasteiger partial charge on any atom is -0.355 e. The highest BCUT2D eigenvalue weighted by Crippen LogP contribution is 2.27. The van der Waals surface area contributed by atoms with Crippen molar-refractivity contribution in [1.82, 2.24) is 10.6 Å². The molecule has 0 atom stereocenters. The Morgan fingerprint density at radius 1 is 1.42 bits per heavy atom. The number of halogens is 1. The van der Waals surface area contributed by atoms with Gasteiger partial charge in [0.15, 0.2) is 0 Å². The summed E-state index contributed by atoms with van der Waals surface area (Å²) in [6.45, 7) is 4.32. The summed E-state index contributed by atoms with van der Waals surface area (Å²) in [4.78, 5) is 10.4. The number of hydrogen-bond acceptors (Lipinski definition) is 2. The van der Waals surface area contributed by atoms with Gasteiger partial charge in [0.25, 0.3) is 0 Å². The SMILES string of the molecule is CC(=O)NCCNCC1CC1.Cl. The Balaban J connectivity index is 0.00000121. The molecule has 0 aromatic heterocycles. The van der Waals surface area contributed by atoms with Crippen LogP contribution in [-0.2, 0) is 4.79 Å². The van der Waals surface area contributed by atoms with E-state index in [2.05, 4.69) is 10.6 Å². The van der Waals surface area contributed by atoms with Crippen LogP contribution in [0.25, 0.3) is 0 Å². The highest BCUT2D eigenvalue weighted by molar-refractivity contribution is 5.85. The smallest absolute Gasteiger partial charge is 0.216 e. The zero-order valence-electron chi connectivity index (χ0n) is 7.43. The molecule has 4 heteroatoms. The predicted octanol–water partition coefficient (Wildman–Crippen LogP) is 0.544. The Kier molecular flexibility index (Phi) is 6.11. The zero-order chi connectivity index (χ0) is 8.10. The standard InChI is InChI=1S/C8H16N2O.ClH/c1-7(11)10-5-4-9-6-8-2-3-8;/h8-9H,2-6H2,1H3,(H,10,11);1H. The molecule has 3 nitrogen and oxygen atoms in total. The molecule has 0 spiro atoms. The summed E-state index contributed by atoms with van der Waals surface area (Å²) >= 11 is 0. The second-order valence-corrected chi connectivity index (χ2v) is 3.13. The second-order valence-electron chi connectivity index (χ2n) is 3.13. The molecular weight excluding hydrogens is 176 g/mol. The number of carbonyl (C=O) groups excluding carboxylic acids is 1. The van der Waals surface area contributed by atoms with E-state index in [9.17, 15) is 4.79 Å². The Morgan fingerprint density at radius 3 is 2.58 bits per heavy atom. The molecule has 1 aliphatic carbocycles. The molecule has 0 aromatic carbocycles. The van der Waals surface area contributed by atoms with Crippen LogP contribution in [0.1, 0.15) is 19.8 Å². The number of nitrogens with one attached hydrogen (secondary N) is 2. The maximum absolute atomic E-state index is 10.4. The van der Waals surface area contributed by atoms with Gasteiger partial charge in [-0.2, -0.15) is 0 Å². The average Bonchev–Trinajstić information content (AvgIpc) is 2.70. The first-order valence-electron chi connectivity index (χ1n) is 4.24. The van der Waals surface area contributed by atoms with E-state index in [1.807, 2.05) is 0 Å². The van der Waals surface area contributed by atoms with E-state index in [1.54, 1.807) is 6.92 Å². The summed E-state index contributed by atoms with van der Waals surface area (Å²) < 4.78 is 0. The van der Waals surface area contributed by atoms with Crippen LogP contribution in [0.15, 0.2) is 0 Å². The van der Waals surface area contributed by atoms with E-state index < -0.39 is 0 Å². The van der Waals surface area contributed by atoms with Crippen molar-refractivity contribution < 1.29 is 4.79 Å². The number of rotatable bonds is 5. The lowest BCUT2D eigenvalue weighted by Crippen LogP contribution is -2.31. The average molecular weight is 193 g/mol. The number of carbonyl (C=O) groups is 1. The quantitative estimate of drug-likeness (QED) is 0.625. The van der Waals surface area contributed by atoms with Crippen molar-refractivity contribution in [3.63, 3.8) is 0 Å². The second kappa shape index (κ2) is 6.26. The molecule has 0 saturated heterocycles. The van der Waals surface area contributed by atoms with Crippen LogP contribution >= 0.6 is 12.4 Å². The highest BCUT2D eigenvalue weighted by atomic mass is 35.5. The van der Waals surface area contributed by atoms with Crippen molar-refractivity contribution in [2.75, 3.05) is 19.6 Å². The van der Waals surface area contributed by atoms with Crippen LogP contribution in [0.3, 0.4) is 0 Å². The van der Waals surface area contributed by atoms with Crippen molar-refractivity contribution in [2.24, 2.45) is 5.92 Å². The summed E-state index contributed by atoms with van der Waals surface area (Å²) in [6.07, 6.45) is 2.76. The van der Waals surface area contributed by atoms with Gasteiger partial charge in [0.05, 0.1) is 0 Å². The maximum Gasteiger partial charge on any atom is 0.216 e. The molecule has 0 aromatic rings. The highest BCUT2D eigenvalue weighted by Gasteiger charge is 2.19. The van der Waals surface area contributed by atoms with Gasteiger partial charge >= 0.3 is 0 Å². The summed E-state index contributed by atoms with van der Waals surface area (Å²) in [5.41, 5.74) is 0. The van der Waals surface area contributed by atoms with E-state index in [0.717, 1.165) is 25.6 Å². The van der Waals surface area contributed by atoms with Crippen molar-refractivity contribution in [3.8, 4) is 0 Å².